The smallest absolute Gasteiger partial charge is 0.117 e. The summed E-state index contributed by atoms with van der Waals surface area (Å²) in [6, 6.07) is 10.6. The Balaban J connectivity index is 0.00000300. The summed E-state index contributed by atoms with van der Waals surface area (Å²) >= 11 is 7.71. The molecule has 6 heteroatoms. The van der Waals surface area contributed by atoms with E-state index in [2.05, 4.69) is 0 Å². The standard InChI is InChI=1S/C17H19ClN2OS.ClH/c1-19(2)8-3-9-20-14-10-12(18)4-6-16(14)22-17-7-5-13(21)11-15(17)20;/h4-7,10-11,21H,3,8-9H2,1-2H3;1H/i1D3,2D3;. The van der Waals surface area contributed by atoms with Gasteiger partial charge < -0.3 is 14.9 Å². The van der Waals surface area contributed by atoms with Crippen molar-refractivity contribution in [2.45, 2.75) is 16.2 Å². The molecule has 2 aromatic carbocycles. The Bertz CT molecular complexity index is 812. The molecule has 2 aromatic rings. The summed E-state index contributed by atoms with van der Waals surface area (Å²) in [5, 5.41) is 10.5. The van der Waals surface area contributed by atoms with E-state index in [1.54, 1.807) is 30.0 Å². The highest BCUT2D eigenvalue weighted by molar-refractivity contribution is 7.99. The Morgan fingerprint density at radius 3 is 2.61 bits per heavy atom. The third-order valence-corrected chi connectivity index (χ3v) is 4.79. The van der Waals surface area contributed by atoms with E-state index in [0.29, 0.717) is 22.9 Å². The van der Waals surface area contributed by atoms with Crippen molar-refractivity contribution in [3.8, 4) is 5.75 Å². The predicted octanol–water partition coefficient (Wildman–Crippen LogP) is 5.02. The molecule has 0 bridgehead atoms. The first-order valence-electron chi connectivity index (χ1n) is 9.82. The zero-order chi connectivity index (χ0) is 20.7. The van der Waals surface area contributed by atoms with E-state index in [9.17, 15) is 5.11 Å². The average molecular weight is 377 g/mol. The zero-order valence-electron chi connectivity index (χ0n) is 18.1. The van der Waals surface area contributed by atoms with E-state index >= 15 is 0 Å². The van der Waals surface area contributed by atoms with Crippen LogP contribution in [-0.4, -0.2) is 37.0 Å². The van der Waals surface area contributed by atoms with Crippen molar-refractivity contribution in [1.29, 1.82) is 0 Å². The van der Waals surface area contributed by atoms with Gasteiger partial charge in [-0.15, -0.1) is 12.4 Å². The van der Waals surface area contributed by atoms with Gasteiger partial charge in [0.1, 0.15) is 5.75 Å². The van der Waals surface area contributed by atoms with Crippen molar-refractivity contribution in [2.75, 3.05) is 31.9 Å². The minimum atomic E-state index is -2.71. The lowest BCUT2D eigenvalue weighted by Gasteiger charge is -2.33. The first-order chi connectivity index (χ1) is 13.0. The van der Waals surface area contributed by atoms with Gasteiger partial charge in [0.05, 0.1) is 11.4 Å². The van der Waals surface area contributed by atoms with Crippen LogP contribution in [0.1, 0.15) is 14.6 Å². The molecule has 0 amide bonds. The molecule has 23 heavy (non-hydrogen) atoms. The molecule has 124 valence electrons. The number of hydrogen-bond acceptors (Lipinski definition) is 4. The van der Waals surface area contributed by atoms with Crippen molar-refractivity contribution in [3.05, 3.63) is 41.4 Å². The quantitative estimate of drug-likeness (QED) is 0.809. The third-order valence-electron chi connectivity index (χ3n) is 3.43. The molecule has 3 nitrogen and oxygen atoms in total. The fraction of sp³-hybridized carbons (Fsp3) is 0.294. The van der Waals surface area contributed by atoms with E-state index in [1.165, 1.54) is 0 Å². The second kappa shape index (κ2) is 7.67. The minimum absolute atomic E-state index is 0. The van der Waals surface area contributed by atoms with Crippen LogP contribution >= 0.6 is 35.8 Å². The minimum Gasteiger partial charge on any atom is -0.508 e. The molecular formula is C17H20Cl2N2OS. The van der Waals surface area contributed by atoms with E-state index in [0.717, 1.165) is 21.2 Å². The SMILES string of the molecule is Cl.[2H]C([2H])([2H])N(CCCN1c2cc(O)ccc2Sc2ccc(Cl)cc21)C([2H])([2H])[2H]. The Labute approximate surface area is 161 Å². The van der Waals surface area contributed by atoms with Crippen molar-refractivity contribution in [2.24, 2.45) is 0 Å². The van der Waals surface area contributed by atoms with Gasteiger partial charge in [0, 0.05) is 35.6 Å². The lowest BCUT2D eigenvalue weighted by atomic mass is 10.2. The monoisotopic (exact) mass is 376 g/mol. The fourth-order valence-electron chi connectivity index (χ4n) is 2.47. The van der Waals surface area contributed by atoms with Gasteiger partial charge in [-0.3, -0.25) is 0 Å². The molecule has 0 aromatic heterocycles. The molecule has 0 saturated heterocycles. The first-order valence-corrected chi connectivity index (χ1v) is 8.02. The molecule has 0 fully saturated rings. The molecule has 1 aliphatic heterocycles. The summed E-state index contributed by atoms with van der Waals surface area (Å²) in [6.07, 6.45) is 0.294. The average Bonchev–Trinajstić information content (AvgIpc) is 2.56. The van der Waals surface area contributed by atoms with Gasteiger partial charge in [-0.1, -0.05) is 23.4 Å². The molecule has 1 heterocycles. The fourth-order valence-corrected chi connectivity index (χ4v) is 3.69. The Kier molecular flexibility index (Phi) is 3.83. The van der Waals surface area contributed by atoms with Crippen LogP contribution in [0.2, 0.25) is 5.02 Å². The van der Waals surface area contributed by atoms with Crippen molar-refractivity contribution >= 4 is 47.1 Å². The van der Waals surface area contributed by atoms with E-state index in [1.807, 2.05) is 23.1 Å². The van der Waals surface area contributed by atoms with Gasteiger partial charge in [0.15, 0.2) is 0 Å². The number of hydrogen-bond donors (Lipinski definition) is 1. The number of aromatic hydroxyl groups is 1. The van der Waals surface area contributed by atoms with Crippen LogP contribution in [0.5, 0.6) is 5.75 Å². The Hall–Kier alpha value is -1.07. The third kappa shape index (κ3) is 4.07. The Morgan fingerprint density at radius 1 is 1.17 bits per heavy atom. The number of halogens is 2. The van der Waals surface area contributed by atoms with E-state index in [4.69, 9.17) is 19.8 Å². The first kappa shape index (κ1) is 11.5. The molecule has 1 N–H and O–H groups in total. The highest BCUT2D eigenvalue weighted by atomic mass is 35.5. The second-order valence-corrected chi connectivity index (χ2v) is 6.54. The molecule has 0 unspecified atom stereocenters. The largest absolute Gasteiger partial charge is 0.508 e. The number of phenols is 1. The van der Waals surface area contributed by atoms with Crippen LogP contribution in [-0.2, 0) is 0 Å². The lowest BCUT2D eigenvalue weighted by Crippen LogP contribution is -2.25. The second-order valence-electron chi connectivity index (χ2n) is 5.02. The topological polar surface area (TPSA) is 26.7 Å². The van der Waals surface area contributed by atoms with Gasteiger partial charge in [0.25, 0.3) is 0 Å². The molecule has 3 rings (SSSR count). The molecule has 0 atom stereocenters. The summed E-state index contributed by atoms with van der Waals surface area (Å²) in [5.74, 6) is 0.112. The molecular weight excluding hydrogens is 351 g/mol. The van der Waals surface area contributed by atoms with Gasteiger partial charge in [-0.2, -0.15) is 0 Å². The predicted molar refractivity (Wildman–Crippen MR) is 101 cm³/mol. The van der Waals surface area contributed by atoms with E-state index in [-0.39, 0.29) is 24.7 Å². The van der Waals surface area contributed by atoms with E-state index < -0.39 is 14.0 Å². The number of rotatable bonds is 4. The van der Waals surface area contributed by atoms with Crippen LogP contribution in [0.4, 0.5) is 11.4 Å². The molecule has 0 radical (unpaired) electrons. The summed E-state index contributed by atoms with van der Waals surface area (Å²) in [7, 11) is 0. The highest BCUT2D eigenvalue weighted by Gasteiger charge is 2.23. The van der Waals surface area contributed by atoms with Crippen LogP contribution in [0.25, 0.3) is 0 Å². The van der Waals surface area contributed by atoms with Gasteiger partial charge in [-0.05, 0) is 57.2 Å². The summed E-state index contributed by atoms with van der Waals surface area (Å²) < 4.78 is 44.9. The van der Waals surface area contributed by atoms with Gasteiger partial charge in [-0.25, -0.2) is 0 Å². The summed E-state index contributed by atoms with van der Waals surface area (Å²) in [5.41, 5.74) is 1.61. The molecule has 0 saturated carbocycles. The van der Waals surface area contributed by atoms with Gasteiger partial charge in [0.2, 0.25) is 0 Å². The maximum Gasteiger partial charge on any atom is 0.117 e. The number of nitrogens with zero attached hydrogens (tertiary/aromatic N) is 2. The van der Waals surface area contributed by atoms with Crippen molar-refractivity contribution in [1.82, 2.24) is 4.90 Å². The number of phenolic OH excluding ortho intramolecular Hbond substituents is 1. The zero-order valence-corrected chi connectivity index (χ0v) is 14.5. The van der Waals surface area contributed by atoms with Gasteiger partial charge >= 0.3 is 0 Å². The van der Waals surface area contributed by atoms with Crippen LogP contribution in [0, 0.1) is 0 Å². The maximum atomic E-state index is 9.92. The summed E-state index contributed by atoms with van der Waals surface area (Å²) in [4.78, 5) is 4.41. The highest BCUT2D eigenvalue weighted by Crippen LogP contribution is 2.49. The number of anilines is 2. The number of benzene rings is 2. The normalized spacial score (nSPS) is 17.6. The molecule has 0 aliphatic carbocycles. The number of fused-ring (bicyclic) bond motifs is 2. The van der Waals surface area contributed by atoms with Crippen LogP contribution in [0.15, 0.2) is 46.2 Å². The molecule has 0 spiro atoms. The molecule has 1 aliphatic rings. The van der Waals surface area contributed by atoms with Crippen LogP contribution < -0.4 is 4.90 Å². The van der Waals surface area contributed by atoms with Crippen molar-refractivity contribution < 1.29 is 13.3 Å². The Morgan fingerprint density at radius 2 is 1.87 bits per heavy atom. The lowest BCUT2D eigenvalue weighted by molar-refractivity contribution is 0.402. The van der Waals surface area contributed by atoms with Crippen molar-refractivity contribution in [3.63, 3.8) is 0 Å². The maximum absolute atomic E-state index is 9.92. The van der Waals surface area contributed by atoms with Crippen LogP contribution in [0.3, 0.4) is 0 Å². The summed E-state index contributed by atoms with van der Waals surface area (Å²) in [6.45, 7) is -5.17.